The summed E-state index contributed by atoms with van der Waals surface area (Å²) < 4.78 is 22.5. The van der Waals surface area contributed by atoms with Crippen LogP contribution in [0.4, 0.5) is 5.69 Å². The van der Waals surface area contributed by atoms with E-state index in [1.165, 1.54) is 0 Å². The number of ketones is 1. The highest BCUT2D eigenvalue weighted by Gasteiger charge is 2.53. The molecular formula is C29H45N3O8. The number of methoxy groups -OCH3 is 3. The van der Waals surface area contributed by atoms with E-state index in [0.717, 1.165) is 16.8 Å². The number of nitrogens with one attached hydrogen (secondary N) is 2. The number of anilines is 1. The number of aliphatic hydroxyl groups is 1. The van der Waals surface area contributed by atoms with Crippen molar-refractivity contribution in [1.29, 1.82) is 0 Å². The zero-order valence-electron chi connectivity index (χ0n) is 25.0. The monoisotopic (exact) mass is 563 g/mol. The summed E-state index contributed by atoms with van der Waals surface area (Å²) in [6, 6.07) is -1.96. The zero-order chi connectivity index (χ0) is 29.8. The fourth-order valence-electron chi connectivity index (χ4n) is 5.59. The Bertz CT molecular complexity index is 1100. The van der Waals surface area contributed by atoms with Crippen LogP contribution in [0.15, 0.2) is 0 Å². The van der Waals surface area contributed by atoms with E-state index in [1.807, 2.05) is 39.8 Å². The minimum Gasteiger partial charge on any atom is -0.492 e. The number of benzene rings is 1. The van der Waals surface area contributed by atoms with Crippen LogP contribution in [0.5, 0.6) is 17.2 Å². The number of hydrogen-bond donors (Lipinski definition) is 3. The molecule has 1 fully saturated rings. The molecule has 4 atom stereocenters. The van der Waals surface area contributed by atoms with E-state index in [-0.39, 0.29) is 17.6 Å². The highest BCUT2D eigenvalue weighted by molar-refractivity contribution is 5.98. The first-order chi connectivity index (χ1) is 19.0. The molecule has 3 rings (SSSR count). The first-order valence-corrected chi connectivity index (χ1v) is 13.9. The summed E-state index contributed by atoms with van der Waals surface area (Å²) in [7, 11) is 8.48. The van der Waals surface area contributed by atoms with Gasteiger partial charge < -0.3 is 39.6 Å². The van der Waals surface area contributed by atoms with Gasteiger partial charge in [0.05, 0.1) is 46.3 Å². The van der Waals surface area contributed by atoms with E-state index in [1.54, 1.807) is 21.3 Å². The maximum Gasteiger partial charge on any atom is 0.245 e. The van der Waals surface area contributed by atoms with Crippen LogP contribution in [-0.4, -0.2) is 89.0 Å². The Morgan fingerprint density at radius 3 is 2.12 bits per heavy atom. The molecule has 1 heterocycles. The van der Waals surface area contributed by atoms with Gasteiger partial charge >= 0.3 is 0 Å². The largest absolute Gasteiger partial charge is 0.492 e. The van der Waals surface area contributed by atoms with Crippen LogP contribution in [0, 0.1) is 11.8 Å². The van der Waals surface area contributed by atoms with Crippen molar-refractivity contribution >= 4 is 23.3 Å². The number of rotatable bonds is 14. The highest BCUT2D eigenvalue weighted by Crippen LogP contribution is 2.51. The first-order valence-electron chi connectivity index (χ1n) is 13.9. The summed E-state index contributed by atoms with van der Waals surface area (Å²) in [6.45, 7) is 5.55. The van der Waals surface area contributed by atoms with E-state index in [4.69, 9.17) is 18.9 Å². The SMILES string of the molecule is CC[C@]1(C(=O)[C@H](CC(C)C)NC(=O)[C@H](CO)NC(=O)C2CCc3c(c(N(C)C)c(OC)c(OC)c3OC)C2)CO1. The summed E-state index contributed by atoms with van der Waals surface area (Å²) in [5, 5.41) is 15.5. The summed E-state index contributed by atoms with van der Waals surface area (Å²) in [5.74, 6) is 0.175. The number of amides is 2. The quantitative estimate of drug-likeness (QED) is 0.288. The number of aliphatic hydroxyl groups excluding tert-OH is 1. The molecule has 11 heteroatoms. The molecule has 2 amide bonds. The van der Waals surface area contributed by atoms with Gasteiger partial charge in [0.1, 0.15) is 6.04 Å². The average molecular weight is 564 g/mol. The molecule has 3 N–H and O–H groups in total. The minimum atomic E-state index is -1.19. The van der Waals surface area contributed by atoms with Crippen molar-refractivity contribution in [2.75, 3.05) is 53.5 Å². The van der Waals surface area contributed by atoms with Gasteiger partial charge in [-0.15, -0.1) is 0 Å². The lowest BCUT2D eigenvalue weighted by Crippen LogP contribution is -2.56. The number of carbonyl (C=O) groups excluding carboxylic acids is 3. The van der Waals surface area contributed by atoms with Crippen molar-refractivity contribution in [2.24, 2.45) is 11.8 Å². The molecule has 1 aliphatic carbocycles. The van der Waals surface area contributed by atoms with Crippen molar-refractivity contribution < 1.29 is 38.4 Å². The van der Waals surface area contributed by atoms with Crippen LogP contribution >= 0.6 is 0 Å². The predicted octanol–water partition coefficient (Wildman–Crippen LogP) is 1.64. The lowest BCUT2D eigenvalue weighted by molar-refractivity contribution is -0.135. The van der Waals surface area contributed by atoms with Crippen LogP contribution in [0.1, 0.15) is 51.2 Å². The zero-order valence-corrected chi connectivity index (χ0v) is 25.0. The van der Waals surface area contributed by atoms with E-state index in [9.17, 15) is 19.5 Å². The smallest absolute Gasteiger partial charge is 0.245 e. The van der Waals surface area contributed by atoms with Gasteiger partial charge in [-0.25, -0.2) is 0 Å². The third-order valence-electron chi connectivity index (χ3n) is 7.84. The van der Waals surface area contributed by atoms with Gasteiger partial charge in [0.15, 0.2) is 22.9 Å². The molecule has 40 heavy (non-hydrogen) atoms. The number of Topliss-reactive ketones (excluding diaryl/α,β-unsaturated/α-hetero) is 1. The van der Waals surface area contributed by atoms with Crippen molar-refractivity contribution in [3.63, 3.8) is 0 Å². The van der Waals surface area contributed by atoms with Crippen molar-refractivity contribution in [2.45, 2.75) is 70.6 Å². The molecule has 1 aliphatic heterocycles. The number of ether oxygens (including phenoxy) is 4. The summed E-state index contributed by atoms with van der Waals surface area (Å²) in [4.78, 5) is 41.6. The lowest BCUT2D eigenvalue weighted by atomic mass is 9.81. The standard InChI is InChI=1S/C29H45N3O8/c1-9-29(15-40-29)26(34)20(12-16(2)3)30-28(36)21(14-33)31-27(35)17-10-11-18-19(13-17)22(32(4)5)24(38-7)25(39-8)23(18)37-6/h16-17,20-21,33H,9-15H2,1-8H3,(H,30,36)(H,31,35)/t17?,20-,21-,29+/m0/s1. The van der Waals surface area contributed by atoms with Crippen LogP contribution < -0.4 is 29.7 Å². The third-order valence-corrected chi connectivity index (χ3v) is 7.84. The number of carbonyl (C=O) groups is 3. The molecule has 0 spiro atoms. The molecular weight excluding hydrogens is 518 g/mol. The van der Waals surface area contributed by atoms with Gasteiger partial charge in [-0.2, -0.15) is 0 Å². The van der Waals surface area contributed by atoms with Crippen LogP contribution in [0.3, 0.4) is 0 Å². The van der Waals surface area contributed by atoms with Crippen molar-refractivity contribution in [1.82, 2.24) is 10.6 Å². The second kappa shape index (κ2) is 13.1. The van der Waals surface area contributed by atoms with Crippen LogP contribution in [-0.2, 0) is 32.0 Å². The van der Waals surface area contributed by atoms with Gasteiger partial charge in [0.25, 0.3) is 0 Å². The normalized spacial score (nSPS) is 21.1. The van der Waals surface area contributed by atoms with Gasteiger partial charge in [-0.05, 0) is 43.6 Å². The Morgan fingerprint density at radius 1 is 1.02 bits per heavy atom. The van der Waals surface area contributed by atoms with E-state index < -0.39 is 36.1 Å². The van der Waals surface area contributed by atoms with Crippen molar-refractivity contribution in [3.8, 4) is 17.2 Å². The molecule has 0 saturated carbocycles. The molecule has 2 aliphatic rings. The van der Waals surface area contributed by atoms with Crippen molar-refractivity contribution in [3.05, 3.63) is 11.1 Å². The Hall–Kier alpha value is -3.05. The van der Waals surface area contributed by atoms with E-state index in [0.29, 0.717) is 56.0 Å². The molecule has 0 radical (unpaired) electrons. The minimum absolute atomic E-state index is 0.143. The summed E-state index contributed by atoms with van der Waals surface area (Å²) >= 11 is 0. The molecule has 224 valence electrons. The van der Waals surface area contributed by atoms with Gasteiger partial charge in [-0.3, -0.25) is 14.4 Å². The average Bonchev–Trinajstić information content (AvgIpc) is 3.74. The fraction of sp³-hybridized carbons (Fsp3) is 0.690. The number of fused-ring (bicyclic) bond motifs is 1. The molecule has 1 unspecified atom stereocenters. The fourth-order valence-corrected chi connectivity index (χ4v) is 5.59. The number of epoxide rings is 1. The number of hydrogen-bond acceptors (Lipinski definition) is 9. The summed E-state index contributed by atoms with van der Waals surface area (Å²) in [5.41, 5.74) is 1.81. The topological polar surface area (TPSA) is 139 Å². The number of nitrogens with zero attached hydrogens (tertiary/aromatic N) is 1. The second-order valence-electron chi connectivity index (χ2n) is 11.2. The molecule has 0 aromatic heterocycles. The van der Waals surface area contributed by atoms with E-state index in [2.05, 4.69) is 10.6 Å². The van der Waals surface area contributed by atoms with Gasteiger partial charge in [0, 0.05) is 25.6 Å². The van der Waals surface area contributed by atoms with Crippen LogP contribution in [0.25, 0.3) is 0 Å². The second-order valence-corrected chi connectivity index (χ2v) is 11.2. The maximum absolute atomic E-state index is 13.4. The Kier molecular flexibility index (Phi) is 10.3. The van der Waals surface area contributed by atoms with Crippen LogP contribution in [0.2, 0.25) is 0 Å². The third kappa shape index (κ3) is 6.30. The maximum atomic E-state index is 13.4. The highest BCUT2D eigenvalue weighted by atomic mass is 16.6. The molecule has 1 aromatic carbocycles. The summed E-state index contributed by atoms with van der Waals surface area (Å²) in [6.07, 6.45) is 2.41. The lowest BCUT2D eigenvalue weighted by Gasteiger charge is -2.32. The van der Waals surface area contributed by atoms with Gasteiger partial charge in [-0.1, -0.05) is 20.8 Å². The molecule has 1 saturated heterocycles. The first kappa shape index (κ1) is 31.5. The van der Waals surface area contributed by atoms with E-state index >= 15 is 0 Å². The Morgan fingerprint density at radius 2 is 1.65 bits per heavy atom. The Labute approximate surface area is 236 Å². The molecule has 0 bridgehead atoms. The predicted molar refractivity (Wildman–Crippen MR) is 150 cm³/mol. The Balaban J connectivity index is 1.80. The molecule has 11 nitrogen and oxygen atoms in total. The van der Waals surface area contributed by atoms with Gasteiger partial charge in [0.2, 0.25) is 17.6 Å². The molecule has 1 aromatic rings.